The zero-order valence-corrected chi connectivity index (χ0v) is 16.4. The number of nitrogens with zero attached hydrogens (tertiary/aromatic N) is 2. The molecule has 4 rings (SSSR count). The monoisotopic (exact) mass is 395 g/mol. The van der Waals surface area contributed by atoms with E-state index in [0.29, 0.717) is 11.5 Å². The fraction of sp³-hybridized carbons (Fsp3) is 0.100. The number of benzene rings is 2. The molecular weight excluding hydrogens is 378 g/mol. The van der Waals surface area contributed by atoms with E-state index in [-0.39, 0.29) is 0 Å². The highest BCUT2D eigenvalue weighted by Crippen LogP contribution is 2.36. The van der Waals surface area contributed by atoms with Crippen molar-refractivity contribution in [1.29, 1.82) is 0 Å². The van der Waals surface area contributed by atoms with Gasteiger partial charge in [-0.1, -0.05) is 41.7 Å². The number of hydrogen-bond acceptors (Lipinski definition) is 7. The molecule has 0 unspecified atom stereocenters. The summed E-state index contributed by atoms with van der Waals surface area (Å²) >= 11 is 3.19. The van der Waals surface area contributed by atoms with Crippen molar-refractivity contribution in [1.82, 2.24) is 10.2 Å². The topological polar surface area (TPSA) is 56.3 Å². The maximum atomic E-state index is 5.36. The van der Waals surface area contributed by atoms with E-state index in [9.17, 15) is 0 Å². The Morgan fingerprint density at radius 2 is 1.67 bits per heavy atom. The average Bonchev–Trinajstić information content (AvgIpc) is 3.38. The zero-order chi connectivity index (χ0) is 18.6. The Hall–Kier alpha value is -2.90. The van der Waals surface area contributed by atoms with Crippen LogP contribution in [-0.2, 0) is 0 Å². The summed E-state index contributed by atoms with van der Waals surface area (Å²) in [6.45, 7) is 0. The highest BCUT2D eigenvalue weighted by molar-refractivity contribution is 7.18. The zero-order valence-electron chi connectivity index (χ0n) is 14.8. The van der Waals surface area contributed by atoms with Crippen molar-refractivity contribution >= 4 is 33.5 Å². The van der Waals surface area contributed by atoms with E-state index in [1.165, 1.54) is 21.8 Å². The van der Waals surface area contributed by atoms with Crippen LogP contribution in [0.2, 0.25) is 0 Å². The SMILES string of the molecule is COc1ccc(-c2nnc(Nc3csc(-c4ccccc4)c3)s2)cc1OC. The summed E-state index contributed by atoms with van der Waals surface area (Å²) < 4.78 is 10.6. The van der Waals surface area contributed by atoms with E-state index in [2.05, 4.69) is 39.1 Å². The van der Waals surface area contributed by atoms with Gasteiger partial charge in [0, 0.05) is 15.8 Å². The van der Waals surface area contributed by atoms with Crippen molar-refractivity contribution in [3.8, 4) is 32.5 Å². The number of rotatable bonds is 6. The van der Waals surface area contributed by atoms with Crippen molar-refractivity contribution < 1.29 is 9.47 Å². The van der Waals surface area contributed by atoms with Crippen LogP contribution in [0.4, 0.5) is 10.8 Å². The van der Waals surface area contributed by atoms with E-state index < -0.39 is 0 Å². The van der Waals surface area contributed by atoms with Gasteiger partial charge in [-0.2, -0.15) is 0 Å². The molecule has 0 atom stereocenters. The summed E-state index contributed by atoms with van der Waals surface area (Å²) in [4.78, 5) is 1.21. The lowest BCUT2D eigenvalue weighted by molar-refractivity contribution is 0.355. The second-order valence-electron chi connectivity index (χ2n) is 5.67. The molecule has 0 bridgehead atoms. The Morgan fingerprint density at radius 1 is 0.852 bits per heavy atom. The van der Waals surface area contributed by atoms with Gasteiger partial charge >= 0.3 is 0 Å². The first kappa shape index (κ1) is 17.5. The molecule has 2 aromatic carbocycles. The number of thiophene rings is 1. The minimum absolute atomic E-state index is 0.671. The summed E-state index contributed by atoms with van der Waals surface area (Å²) in [7, 11) is 3.24. The van der Waals surface area contributed by atoms with Crippen LogP contribution in [0.15, 0.2) is 60.0 Å². The molecule has 7 heteroatoms. The molecule has 0 aliphatic rings. The van der Waals surface area contributed by atoms with Crippen LogP contribution in [0.25, 0.3) is 21.0 Å². The lowest BCUT2D eigenvalue weighted by Crippen LogP contribution is -1.90. The standard InChI is InChI=1S/C20H17N3O2S2/c1-24-16-9-8-14(10-17(16)25-2)19-22-23-20(27-19)21-15-11-18(26-12-15)13-6-4-3-5-7-13/h3-12H,1-2H3,(H,21,23). The Labute approximate surface area is 165 Å². The number of anilines is 2. The largest absolute Gasteiger partial charge is 0.493 e. The van der Waals surface area contributed by atoms with Crippen LogP contribution in [0.1, 0.15) is 0 Å². The molecule has 136 valence electrons. The third-order valence-electron chi connectivity index (χ3n) is 3.96. The highest BCUT2D eigenvalue weighted by atomic mass is 32.1. The molecule has 0 aliphatic heterocycles. The van der Waals surface area contributed by atoms with Gasteiger partial charge in [-0.05, 0) is 29.8 Å². The van der Waals surface area contributed by atoms with Gasteiger partial charge in [0.25, 0.3) is 0 Å². The predicted octanol–water partition coefficient (Wildman–Crippen LogP) is 5.69. The predicted molar refractivity (Wildman–Crippen MR) is 111 cm³/mol. The summed E-state index contributed by atoms with van der Waals surface area (Å²) in [5.74, 6) is 1.36. The molecule has 0 saturated heterocycles. The van der Waals surface area contributed by atoms with Crippen molar-refractivity contribution in [2.24, 2.45) is 0 Å². The second-order valence-corrected chi connectivity index (χ2v) is 7.56. The van der Waals surface area contributed by atoms with Crippen LogP contribution >= 0.6 is 22.7 Å². The van der Waals surface area contributed by atoms with Gasteiger partial charge in [-0.25, -0.2) is 0 Å². The van der Waals surface area contributed by atoms with Gasteiger partial charge < -0.3 is 14.8 Å². The van der Waals surface area contributed by atoms with Gasteiger partial charge in [0.15, 0.2) is 11.5 Å². The second kappa shape index (κ2) is 7.77. The molecule has 2 aromatic heterocycles. The van der Waals surface area contributed by atoms with Crippen LogP contribution in [-0.4, -0.2) is 24.4 Å². The van der Waals surface area contributed by atoms with Crippen molar-refractivity contribution in [2.75, 3.05) is 19.5 Å². The minimum Gasteiger partial charge on any atom is -0.493 e. The number of ether oxygens (including phenoxy) is 2. The third kappa shape index (κ3) is 3.79. The molecule has 0 fully saturated rings. The number of nitrogens with one attached hydrogen (secondary N) is 1. The quantitative estimate of drug-likeness (QED) is 0.454. The van der Waals surface area contributed by atoms with Crippen molar-refractivity contribution in [2.45, 2.75) is 0 Å². The summed E-state index contributed by atoms with van der Waals surface area (Å²) in [5, 5.41) is 15.5. The maximum Gasteiger partial charge on any atom is 0.210 e. The van der Waals surface area contributed by atoms with Gasteiger partial charge in [0.05, 0.1) is 19.9 Å². The number of methoxy groups -OCH3 is 2. The highest BCUT2D eigenvalue weighted by Gasteiger charge is 2.11. The Balaban J connectivity index is 1.53. The molecule has 5 nitrogen and oxygen atoms in total. The van der Waals surface area contributed by atoms with Gasteiger partial charge in [0.2, 0.25) is 5.13 Å². The van der Waals surface area contributed by atoms with Gasteiger partial charge in [-0.15, -0.1) is 21.5 Å². The molecular formula is C20H17N3O2S2. The Kier molecular flexibility index (Phi) is 5.04. The van der Waals surface area contributed by atoms with E-state index in [0.717, 1.165) is 21.4 Å². The molecule has 0 saturated carbocycles. The Bertz CT molecular complexity index is 1040. The smallest absolute Gasteiger partial charge is 0.210 e. The van der Waals surface area contributed by atoms with E-state index in [1.807, 2.05) is 36.4 Å². The first-order chi connectivity index (χ1) is 13.3. The maximum absolute atomic E-state index is 5.36. The lowest BCUT2D eigenvalue weighted by atomic mass is 10.2. The first-order valence-corrected chi connectivity index (χ1v) is 9.93. The van der Waals surface area contributed by atoms with Crippen LogP contribution in [0, 0.1) is 0 Å². The molecule has 0 radical (unpaired) electrons. The first-order valence-electron chi connectivity index (χ1n) is 8.23. The van der Waals surface area contributed by atoms with Crippen LogP contribution in [0.3, 0.4) is 0 Å². The fourth-order valence-electron chi connectivity index (χ4n) is 2.64. The van der Waals surface area contributed by atoms with Crippen LogP contribution in [0.5, 0.6) is 11.5 Å². The van der Waals surface area contributed by atoms with E-state index in [4.69, 9.17) is 9.47 Å². The van der Waals surface area contributed by atoms with E-state index in [1.54, 1.807) is 25.6 Å². The third-order valence-corrected chi connectivity index (χ3v) is 5.83. The normalized spacial score (nSPS) is 10.6. The summed E-state index contributed by atoms with van der Waals surface area (Å²) in [6, 6.07) is 18.2. The number of aromatic nitrogens is 2. The molecule has 0 spiro atoms. The Morgan fingerprint density at radius 3 is 2.44 bits per heavy atom. The minimum atomic E-state index is 0.671. The fourth-order valence-corrected chi connectivity index (χ4v) is 4.25. The molecule has 1 N–H and O–H groups in total. The summed E-state index contributed by atoms with van der Waals surface area (Å²) in [6.07, 6.45) is 0. The molecule has 27 heavy (non-hydrogen) atoms. The van der Waals surface area contributed by atoms with Crippen molar-refractivity contribution in [3.63, 3.8) is 0 Å². The summed E-state index contributed by atoms with van der Waals surface area (Å²) in [5.41, 5.74) is 3.15. The van der Waals surface area contributed by atoms with E-state index >= 15 is 0 Å². The molecule has 2 heterocycles. The van der Waals surface area contributed by atoms with Gasteiger partial charge in [-0.3, -0.25) is 0 Å². The molecule has 0 aliphatic carbocycles. The van der Waals surface area contributed by atoms with Crippen LogP contribution < -0.4 is 14.8 Å². The molecule has 4 aromatic rings. The average molecular weight is 396 g/mol. The number of hydrogen-bond donors (Lipinski definition) is 1. The molecule has 0 amide bonds. The lowest BCUT2D eigenvalue weighted by Gasteiger charge is -2.07. The van der Waals surface area contributed by atoms with Gasteiger partial charge in [0.1, 0.15) is 5.01 Å². The van der Waals surface area contributed by atoms with Crippen molar-refractivity contribution in [3.05, 3.63) is 60.0 Å².